The molecule has 2 atom stereocenters. The molecule has 0 aliphatic heterocycles. The molecule has 11 rings (SSSR count). The molecule has 8 aromatic rings. The molecule has 0 saturated heterocycles. The van der Waals surface area contributed by atoms with Crippen molar-refractivity contribution in [2.75, 3.05) is 0 Å². The lowest BCUT2D eigenvalue weighted by atomic mass is 9.74. The Hall–Kier alpha value is -6.12. The van der Waals surface area contributed by atoms with E-state index in [0.717, 1.165) is 12.8 Å². The molecular formula is C53H46N2. The van der Waals surface area contributed by atoms with Gasteiger partial charge in [0.1, 0.15) is 0 Å². The fraction of sp³-hybridized carbons (Fsp3) is 0.170. The summed E-state index contributed by atoms with van der Waals surface area (Å²) in [6.07, 6.45) is 13.7. The van der Waals surface area contributed by atoms with Gasteiger partial charge >= 0.3 is 0 Å². The molecule has 2 unspecified atom stereocenters. The molecule has 55 heavy (non-hydrogen) atoms. The summed E-state index contributed by atoms with van der Waals surface area (Å²) in [5.74, 6) is 0.954. The van der Waals surface area contributed by atoms with Gasteiger partial charge in [0.15, 0.2) is 0 Å². The van der Waals surface area contributed by atoms with E-state index in [2.05, 4.69) is 193 Å². The molecule has 3 aliphatic carbocycles. The third-order valence-electron chi connectivity index (χ3n) is 12.6. The van der Waals surface area contributed by atoms with E-state index >= 15 is 0 Å². The summed E-state index contributed by atoms with van der Waals surface area (Å²) in [7, 11) is 0. The molecule has 2 heteroatoms. The summed E-state index contributed by atoms with van der Waals surface area (Å²) in [5, 5.41) is 3.93. The van der Waals surface area contributed by atoms with E-state index < -0.39 is 0 Å². The molecular weight excluding hydrogens is 665 g/mol. The third kappa shape index (κ3) is 5.15. The first-order valence-corrected chi connectivity index (χ1v) is 20.1. The molecule has 0 fully saturated rings. The van der Waals surface area contributed by atoms with Crippen molar-refractivity contribution >= 4 is 44.4 Å². The van der Waals surface area contributed by atoms with Crippen molar-refractivity contribution in [3.8, 4) is 22.5 Å². The lowest BCUT2D eigenvalue weighted by Gasteiger charge is -2.29. The number of hydrogen-bond donors (Lipinski definition) is 0. The van der Waals surface area contributed by atoms with Crippen molar-refractivity contribution in [1.29, 1.82) is 0 Å². The lowest BCUT2D eigenvalue weighted by molar-refractivity contribution is 0.394. The van der Waals surface area contributed by atoms with Crippen molar-refractivity contribution < 1.29 is 0 Å². The Morgan fingerprint density at radius 1 is 0.527 bits per heavy atom. The average molecular weight is 711 g/mol. The number of benzene rings is 6. The second-order valence-corrected chi connectivity index (χ2v) is 15.7. The molecule has 0 saturated carbocycles. The normalized spacial score (nSPS) is 17.8. The first-order chi connectivity index (χ1) is 27.0. The Labute approximate surface area is 324 Å². The summed E-state index contributed by atoms with van der Waals surface area (Å²) in [5.41, 5.74) is 17.2. The monoisotopic (exact) mass is 710 g/mol. The third-order valence-corrected chi connectivity index (χ3v) is 12.6. The van der Waals surface area contributed by atoms with Gasteiger partial charge in [0, 0.05) is 44.7 Å². The van der Waals surface area contributed by atoms with Crippen LogP contribution < -0.4 is 0 Å². The van der Waals surface area contributed by atoms with Crippen LogP contribution in [0.1, 0.15) is 68.0 Å². The number of nitrogens with zero attached hydrogens (tertiary/aromatic N) is 2. The summed E-state index contributed by atoms with van der Waals surface area (Å²) in [6, 6.07) is 52.0. The van der Waals surface area contributed by atoms with E-state index in [0.29, 0.717) is 11.8 Å². The maximum absolute atomic E-state index is 2.49. The average Bonchev–Trinajstić information content (AvgIpc) is 3.84. The molecule has 0 radical (unpaired) electrons. The quantitative estimate of drug-likeness (QED) is 0.172. The van der Waals surface area contributed by atoms with Gasteiger partial charge in [0.25, 0.3) is 0 Å². The molecule has 2 aromatic heterocycles. The molecule has 268 valence electrons. The van der Waals surface area contributed by atoms with E-state index in [1.807, 2.05) is 13.8 Å². The number of rotatable bonds is 4. The van der Waals surface area contributed by atoms with Gasteiger partial charge in [-0.05, 0) is 112 Å². The van der Waals surface area contributed by atoms with Crippen LogP contribution >= 0.6 is 0 Å². The molecule has 2 heterocycles. The van der Waals surface area contributed by atoms with Crippen molar-refractivity contribution in [3.63, 3.8) is 0 Å². The predicted octanol–water partition coefficient (Wildman–Crippen LogP) is 14.0. The summed E-state index contributed by atoms with van der Waals surface area (Å²) in [6.45, 7) is 8.84. The maximum Gasteiger partial charge on any atom is 0.0541 e. The zero-order chi connectivity index (χ0) is 37.3. The van der Waals surface area contributed by atoms with Gasteiger partial charge in [0.05, 0.1) is 16.6 Å². The number of para-hydroxylation sites is 2. The van der Waals surface area contributed by atoms with Gasteiger partial charge in [-0.25, -0.2) is 0 Å². The second-order valence-electron chi connectivity index (χ2n) is 15.7. The number of aromatic nitrogens is 2. The number of fused-ring (bicyclic) bond motifs is 9. The standard InChI is InChI=1S/C51H40N2.C2H6/c1-51(2)45-17-9-6-14-39(45)40-27-26-38(32-46(40)51)53-48-19-11-8-16-42(48)44-31-36(23-29-50(44)53)35-22-28-49-43(30-35)41-15-7-10-18-47(41)52(49)37-24-20-34(21-25-37)33-12-4-3-5-13-33;1-2/h3-21,23-27,29-32,39,45H,22,28H2,1-2H3;1-2H3. The molecule has 6 aromatic carbocycles. The lowest BCUT2D eigenvalue weighted by Crippen LogP contribution is -2.24. The van der Waals surface area contributed by atoms with E-state index in [1.165, 1.54) is 88.7 Å². The van der Waals surface area contributed by atoms with E-state index in [1.54, 1.807) is 0 Å². The van der Waals surface area contributed by atoms with Crippen molar-refractivity contribution in [1.82, 2.24) is 9.13 Å². The van der Waals surface area contributed by atoms with Crippen molar-refractivity contribution in [2.24, 2.45) is 5.92 Å². The predicted molar refractivity (Wildman–Crippen MR) is 235 cm³/mol. The van der Waals surface area contributed by atoms with Crippen LogP contribution in [-0.4, -0.2) is 9.13 Å². The number of hydrogen-bond acceptors (Lipinski definition) is 0. The smallest absolute Gasteiger partial charge is 0.0541 e. The summed E-state index contributed by atoms with van der Waals surface area (Å²) >= 11 is 0. The van der Waals surface area contributed by atoms with Crippen LogP contribution in [0.5, 0.6) is 0 Å². The minimum Gasteiger partial charge on any atom is -0.313 e. The fourth-order valence-electron chi connectivity index (χ4n) is 9.94. The minimum absolute atomic E-state index is 0.0737. The highest BCUT2D eigenvalue weighted by Crippen LogP contribution is 2.53. The van der Waals surface area contributed by atoms with Gasteiger partial charge in [-0.3, -0.25) is 0 Å². The van der Waals surface area contributed by atoms with Crippen LogP contribution in [-0.2, 0) is 11.8 Å². The van der Waals surface area contributed by atoms with Crippen LogP contribution in [0, 0.1) is 5.92 Å². The molecule has 0 spiro atoms. The second kappa shape index (κ2) is 13.0. The number of allylic oxidation sites excluding steroid dienone is 5. The highest BCUT2D eigenvalue weighted by molar-refractivity contribution is 6.10. The van der Waals surface area contributed by atoms with Gasteiger partial charge in [0.2, 0.25) is 0 Å². The molecule has 0 bridgehead atoms. The maximum atomic E-state index is 2.49. The SMILES string of the molecule is CC.CC1(C)c2cc(-n3c4ccccc4c4cc(C5=Cc6c(n(-c7ccc(-c8ccccc8)cc7)c7ccccc67)CC5)ccc43)ccc2C2C=CC=CC21. The van der Waals surface area contributed by atoms with Crippen LogP contribution in [0.15, 0.2) is 164 Å². The highest BCUT2D eigenvalue weighted by atomic mass is 15.0. The Morgan fingerprint density at radius 2 is 1.16 bits per heavy atom. The van der Waals surface area contributed by atoms with Crippen LogP contribution in [0.25, 0.3) is 66.9 Å². The Morgan fingerprint density at radius 3 is 1.96 bits per heavy atom. The van der Waals surface area contributed by atoms with E-state index in [4.69, 9.17) is 0 Å². The molecule has 0 N–H and O–H groups in total. The van der Waals surface area contributed by atoms with Crippen molar-refractivity contribution in [3.05, 3.63) is 192 Å². The van der Waals surface area contributed by atoms with E-state index in [9.17, 15) is 0 Å². The molecule has 2 nitrogen and oxygen atoms in total. The summed E-state index contributed by atoms with van der Waals surface area (Å²) in [4.78, 5) is 0. The van der Waals surface area contributed by atoms with Gasteiger partial charge in [-0.1, -0.05) is 143 Å². The molecule has 3 aliphatic rings. The minimum atomic E-state index is 0.0737. The fourth-order valence-corrected chi connectivity index (χ4v) is 9.94. The first kappa shape index (κ1) is 33.4. The van der Waals surface area contributed by atoms with Crippen molar-refractivity contribution in [2.45, 2.75) is 51.9 Å². The van der Waals surface area contributed by atoms with Crippen LogP contribution in [0.4, 0.5) is 0 Å². The summed E-state index contributed by atoms with van der Waals surface area (Å²) < 4.78 is 4.98. The largest absolute Gasteiger partial charge is 0.313 e. The highest BCUT2D eigenvalue weighted by Gasteiger charge is 2.44. The van der Waals surface area contributed by atoms with Gasteiger partial charge in [-0.15, -0.1) is 0 Å². The zero-order valence-corrected chi connectivity index (χ0v) is 32.1. The van der Waals surface area contributed by atoms with Gasteiger partial charge in [-0.2, -0.15) is 0 Å². The van der Waals surface area contributed by atoms with Crippen LogP contribution in [0.2, 0.25) is 0 Å². The Balaban J connectivity index is 0.00000183. The molecule has 0 amide bonds. The van der Waals surface area contributed by atoms with Gasteiger partial charge < -0.3 is 9.13 Å². The van der Waals surface area contributed by atoms with Crippen LogP contribution in [0.3, 0.4) is 0 Å². The topological polar surface area (TPSA) is 9.86 Å². The Kier molecular flexibility index (Phi) is 7.92. The Bertz CT molecular complexity index is 2850. The zero-order valence-electron chi connectivity index (χ0n) is 32.1. The van der Waals surface area contributed by atoms with E-state index in [-0.39, 0.29) is 5.41 Å². The first-order valence-electron chi connectivity index (χ1n) is 20.1.